The van der Waals surface area contributed by atoms with Crippen LogP contribution in [-0.4, -0.2) is 46.6 Å². The molecule has 3 aromatic carbocycles. The molecule has 4 unspecified atom stereocenters. The number of benzene rings is 3. The Kier molecular flexibility index (Phi) is 7.87. The van der Waals surface area contributed by atoms with Crippen LogP contribution in [0.2, 0.25) is 0 Å². The molecule has 250 valence electrons. The lowest BCUT2D eigenvalue weighted by molar-refractivity contribution is -0.384. The first-order valence-corrected chi connectivity index (χ1v) is 18.0. The van der Waals surface area contributed by atoms with Crippen LogP contribution in [0.25, 0.3) is 0 Å². The number of aromatic amines is 1. The van der Waals surface area contributed by atoms with Crippen molar-refractivity contribution in [1.82, 2.24) is 4.98 Å². The van der Waals surface area contributed by atoms with Gasteiger partial charge in [-0.2, -0.15) is 0 Å². The quantitative estimate of drug-likeness (QED) is 0.128. The molecule has 8 rings (SSSR count). The molecule has 2 aliphatic carbocycles. The molecule has 3 fully saturated rings. The number of methoxy groups -OCH3 is 1. The van der Waals surface area contributed by atoms with E-state index in [9.17, 15) is 29.3 Å². The number of non-ortho nitro benzene ring substituents is 1. The Balaban J connectivity index is 1.11. The van der Waals surface area contributed by atoms with Gasteiger partial charge in [0, 0.05) is 43.9 Å². The van der Waals surface area contributed by atoms with Gasteiger partial charge >= 0.3 is 4.87 Å². The summed E-state index contributed by atoms with van der Waals surface area (Å²) in [5, 5.41) is 14.7. The summed E-state index contributed by atoms with van der Waals surface area (Å²) >= 11 is 6.30. The highest BCUT2D eigenvalue weighted by Gasteiger charge is 2.70. The molecule has 3 amide bonds. The highest BCUT2D eigenvalue weighted by atomic mass is 79.9. The van der Waals surface area contributed by atoms with Crippen LogP contribution in [-0.2, 0) is 14.4 Å². The second kappa shape index (κ2) is 12.1. The Labute approximate surface area is 295 Å². The molecule has 0 spiro atoms. The van der Waals surface area contributed by atoms with Crippen LogP contribution in [0.15, 0.2) is 81.0 Å². The van der Waals surface area contributed by atoms with Crippen molar-refractivity contribution in [3.8, 4) is 11.5 Å². The standard InChI is InChI=1S/C34H27BrN4O8S2/c1-46-19-9-3-16(4-10-19)36-24(40)14-47-23-11-2-15(35)12-20(23)25-26-21-13-22(29(26)48-31-30(25)49-34(43)37-31)28-27(21)32(41)38(33(28)42)17-5-7-18(8-6-17)39(44)45/h2-12,21-22,25-29H,13-14H2,1H3,(H,36,40)(H,37,43)/t21-,22-,25-,26?,27?,28?,29?/m1/s1. The van der Waals surface area contributed by atoms with Gasteiger partial charge in [0.1, 0.15) is 11.5 Å². The highest BCUT2D eigenvalue weighted by molar-refractivity contribution is 9.10. The summed E-state index contributed by atoms with van der Waals surface area (Å²) in [4.78, 5) is 69.3. The molecule has 2 saturated carbocycles. The summed E-state index contributed by atoms with van der Waals surface area (Å²) in [6.45, 7) is -0.263. The maximum absolute atomic E-state index is 14.1. The maximum atomic E-state index is 14.1. The molecule has 2 N–H and O–H groups in total. The molecule has 2 aliphatic heterocycles. The molecule has 0 radical (unpaired) electrons. The zero-order valence-corrected chi connectivity index (χ0v) is 28.9. The number of ether oxygens (including phenoxy) is 2. The van der Waals surface area contributed by atoms with E-state index in [0.717, 1.165) is 31.3 Å². The second-order valence-electron chi connectivity index (χ2n) is 12.5. The minimum atomic E-state index is -0.555. The fraction of sp³-hybridized carbons (Fsp3) is 0.294. The van der Waals surface area contributed by atoms with Crippen molar-refractivity contribution in [3.05, 3.63) is 101 Å². The fourth-order valence-corrected chi connectivity index (χ4v) is 11.5. The molecule has 4 aliphatic rings. The molecule has 4 aromatic rings. The number of imide groups is 1. The van der Waals surface area contributed by atoms with Crippen LogP contribution in [0.1, 0.15) is 22.8 Å². The third-order valence-electron chi connectivity index (χ3n) is 10.1. The number of aromatic nitrogens is 1. The van der Waals surface area contributed by atoms with E-state index in [1.54, 1.807) is 49.2 Å². The number of hydrogen-bond acceptors (Lipinski definition) is 10. The van der Waals surface area contributed by atoms with Gasteiger partial charge < -0.3 is 19.8 Å². The normalized spacial score (nSPS) is 26.2. The molecule has 2 bridgehead atoms. The third kappa shape index (κ3) is 5.25. The van der Waals surface area contributed by atoms with Crippen molar-refractivity contribution in [2.24, 2.45) is 29.6 Å². The number of halogens is 1. The highest BCUT2D eigenvalue weighted by Crippen LogP contribution is 2.69. The number of fused-ring (bicyclic) bond motifs is 9. The molecule has 7 atom stereocenters. The summed E-state index contributed by atoms with van der Waals surface area (Å²) in [6.07, 6.45) is 0.688. The SMILES string of the molecule is COc1ccc(NC(=O)COc2ccc(Br)cc2[C@H]2c3sc(=O)[nH]c3SC3C2[C@H]2C[C@@H]3C3C(=O)N(c4ccc([N+](=O)[O-])cc4)C(=O)C32)cc1. The first kappa shape index (κ1) is 31.8. The Morgan fingerprint density at radius 2 is 1.76 bits per heavy atom. The Bertz CT molecular complexity index is 2080. The van der Waals surface area contributed by atoms with Crippen LogP contribution in [0.5, 0.6) is 11.5 Å². The van der Waals surface area contributed by atoms with Gasteiger partial charge in [-0.1, -0.05) is 27.3 Å². The van der Waals surface area contributed by atoms with Crippen LogP contribution in [0.4, 0.5) is 17.1 Å². The van der Waals surface area contributed by atoms with Crippen LogP contribution in [0, 0.1) is 39.7 Å². The van der Waals surface area contributed by atoms with Crippen molar-refractivity contribution >= 4 is 73.8 Å². The Morgan fingerprint density at radius 1 is 1.04 bits per heavy atom. The molecule has 49 heavy (non-hydrogen) atoms. The Morgan fingerprint density at radius 3 is 2.45 bits per heavy atom. The van der Waals surface area contributed by atoms with Gasteiger partial charge in [0.15, 0.2) is 6.61 Å². The van der Waals surface area contributed by atoms with E-state index in [4.69, 9.17) is 9.47 Å². The molecule has 1 saturated heterocycles. The van der Waals surface area contributed by atoms with E-state index in [1.165, 1.54) is 29.2 Å². The van der Waals surface area contributed by atoms with Gasteiger partial charge in [-0.3, -0.25) is 34.2 Å². The second-order valence-corrected chi connectivity index (χ2v) is 15.6. The predicted molar refractivity (Wildman–Crippen MR) is 185 cm³/mol. The summed E-state index contributed by atoms with van der Waals surface area (Å²) in [5.74, 6) is -1.58. The van der Waals surface area contributed by atoms with Crippen molar-refractivity contribution < 1.29 is 28.8 Å². The van der Waals surface area contributed by atoms with Crippen LogP contribution >= 0.6 is 39.0 Å². The summed E-state index contributed by atoms with van der Waals surface area (Å²) < 4.78 is 12.1. The van der Waals surface area contributed by atoms with Crippen LogP contribution < -0.4 is 24.6 Å². The van der Waals surface area contributed by atoms with Crippen molar-refractivity contribution in [1.29, 1.82) is 0 Å². The summed E-state index contributed by atoms with van der Waals surface area (Å²) in [5.41, 5.74) is 1.57. The van der Waals surface area contributed by atoms with E-state index in [-0.39, 0.29) is 63.8 Å². The number of hydrogen-bond donors (Lipinski definition) is 2. The predicted octanol–water partition coefficient (Wildman–Crippen LogP) is 5.81. The molecule has 3 heterocycles. The lowest BCUT2D eigenvalue weighted by atomic mass is 9.68. The van der Waals surface area contributed by atoms with Gasteiger partial charge in [0.2, 0.25) is 11.8 Å². The van der Waals surface area contributed by atoms with Gasteiger partial charge in [0.25, 0.3) is 11.6 Å². The largest absolute Gasteiger partial charge is 0.497 e. The summed E-state index contributed by atoms with van der Waals surface area (Å²) in [7, 11) is 1.57. The molecule has 12 nitrogen and oxygen atoms in total. The third-order valence-corrected chi connectivity index (χ3v) is 13.2. The average molecular weight is 764 g/mol. The smallest absolute Gasteiger partial charge is 0.305 e. The van der Waals surface area contributed by atoms with E-state index < -0.39 is 16.8 Å². The minimum absolute atomic E-state index is 0.0623. The Hall–Kier alpha value is -4.47. The number of thiazole rings is 1. The number of anilines is 2. The number of H-pyrrole nitrogens is 1. The monoisotopic (exact) mass is 762 g/mol. The molecule has 1 aromatic heterocycles. The maximum Gasteiger partial charge on any atom is 0.305 e. The number of rotatable bonds is 8. The average Bonchev–Trinajstić information content (AvgIpc) is 3.83. The van der Waals surface area contributed by atoms with E-state index in [2.05, 4.69) is 26.2 Å². The van der Waals surface area contributed by atoms with Crippen molar-refractivity contribution in [3.63, 3.8) is 0 Å². The lowest BCUT2D eigenvalue weighted by Crippen LogP contribution is -2.42. The number of nitro groups is 1. The zero-order valence-electron chi connectivity index (χ0n) is 25.7. The summed E-state index contributed by atoms with van der Waals surface area (Å²) in [6, 6.07) is 18.0. The van der Waals surface area contributed by atoms with E-state index in [0.29, 0.717) is 29.3 Å². The fourth-order valence-electron chi connectivity index (χ4n) is 8.25. The van der Waals surface area contributed by atoms with Crippen molar-refractivity contribution in [2.75, 3.05) is 23.9 Å². The molecular formula is C34H27BrN4O8S2. The topological polar surface area (TPSA) is 161 Å². The first-order chi connectivity index (χ1) is 23.6. The number of nitrogens with one attached hydrogen (secondary N) is 2. The number of amides is 3. The number of carbonyl (C=O) groups is 3. The van der Waals surface area contributed by atoms with Crippen molar-refractivity contribution in [2.45, 2.75) is 22.6 Å². The lowest BCUT2D eigenvalue weighted by Gasteiger charge is -2.43. The number of nitrogens with zero attached hydrogens (tertiary/aromatic N) is 2. The van der Waals surface area contributed by atoms with E-state index in [1.807, 2.05) is 12.1 Å². The van der Waals surface area contributed by atoms with E-state index >= 15 is 0 Å². The zero-order chi connectivity index (χ0) is 34.1. The van der Waals surface area contributed by atoms with Gasteiger partial charge in [-0.15, -0.1) is 11.8 Å². The van der Waals surface area contributed by atoms with Gasteiger partial charge in [-0.25, -0.2) is 0 Å². The number of thioether (sulfide) groups is 1. The number of carbonyl (C=O) groups excluding carboxylic acids is 3. The van der Waals surface area contributed by atoms with Gasteiger partial charge in [0.05, 0.1) is 34.6 Å². The number of nitro benzene ring substituents is 1. The van der Waals surface area contributed by atoms with Crippen LogP contribution in [0.3, 0.4) is 0 Å². The first-order valence-electron chi connectivity index (χ1n) is 15.5. The minimum Gasteiger partial charge on any atom is -0.497 e. The molecular weight excluding hydrogens is 736 g/mol. The molecule has 15 heteroatoms. The van der Waals surface area contributed by atoms with Gasteiger partial charge in [-0.05, 0) is 78.8 Å².